The summed E-state index contributed by atoms with van der Waals surface area (Å²) in [6.07, 6.45) is 0. The van der Waals surface area contributed by atoms with Gasteiger partial charge in [-0.3, -0.25) is 9.59 Å². The fourth-order valence-electron chi connectivity index (χ4n) is 2.98. The average molecular weight is 364 g/mol. The maximum atomic E-state index is 12.8. The van der Waals surface area contributed by atoms with Gasteiger partial charge in [-0.2, -0.15) is 0 Å². The molecule has 0 atom stereocenters. The maximum absolute atomic E-state index is 12.8. The molecule has 1 N–H and O–H groups in total. The lowest BCUT2D eigenvalue weighted by Gasteiger charge is -2.11. The van der Waals surface area contributed by atoms with Gasteiger partial charge in [0.25, 0.3) is 5.91 Å². The van der Waals surface area contributed by atoms with Crippen LogP contribution in [0.3, 0.4) is 0 Å². The molecule has 3 aromatic carbocycles. The Kier molecular flexibility index (Phi) is 3.97. The number of methoxy groups -OCH3 is 1. The Morgan fingerprint density at radius 2 is 1.81 bits per heavy atom. The summed E-state index contributed by atoms with van der Waals surface area (Å²) in [4.78, 5) is 24.5. The van der Waals surface area contributed by atoms with Crippen molar-refractivity contribution < 1.29 is 9.53 Å². The largest absolute Gasteiger partial charge is 0.496 e. The third-order valence-electron chi connectivity index (χ3n) is 4.36. The molecule has 6 heteroatoms. The van der Waals surface area contributed by atoms with E-state index in [1.54, 1.807) is 24.8 Å². The fourth-order valence-corrected chi connectivity index (χ4v) is 3.89. The number of amides is 1. The summed E-state index contributed by atoms with van der Waals surface area (Å²) in [6, 6.07) is 16.9. The standard InChI is InChI=1S/C20H16N2O3S/c1-22-16-8-7-14(11-18(16)26-20(22)24)21-19(23)15-9-12-5-3-4-6-13(12)10-17(15)25-2/h3-11H,1-2H3,(H,21,23). The van der Waals surface area contributed by atoms with E-state index in [-0.39, 0.29) is 10.8 Å². The van der Waals surface area contributed by atoms with Crippen LogP contribution in [0.5, 0.6) is 5.75 Å². The van der Waals surface area contributed by atoms with Gasteiger partial charge in [0, 0.05) is 12.7 Å². The smallest absolute Gasteiger partial charge is 0.307 e. The number of rotatable bonds is 3. The molecule has 1 aromatic heterocycles. The van der Waals surface area contributed by atoms with Gasteiger partial charge in [0.05, 0.1) is 22.9 Å². The van der Waals surface area contributed by atoms with Gasteiger partial charge in [-0.15, -0.1) is 0 Å². The molecule has 0 aliphatic heterocycles. The molecule has 4 aromatic rings. The minimum Gasteiger partial charge on any atom is -0.496 e. The molecule has 0 bridgehead atoms. The van der Waals surface area contributed by atoms with E-state index in [1.165, 1.54) is 0 Å². The van der Waals surface area contributed by atoms with Gasteiger partial charge in [-0.05, 0) is 41.1 Å². The first-order valence-electron chi connectivity index (χ1n) is 8.04. The summed E-state index contributed by atoms with van der Waals surface area (Å²) >= 11 is 1.16. The molecule has 1 heterocycles. The molecule has 130 valence electrons. The highest BCUT2D eigenvalue weighted by Crippen LogP contribution is 2.27. The number of carbonyl (C=O) groups excluding carboxylic acids is 1. The van der Waals surface area contributed by atoms with E-state index in [4.69, 9.17) is 4.74 Å². The van der Waals surface area contributed by atoms with Gasteiger partial charge >= 0.3 is 4.87 Å². The molecule has 0 saturated carbocycles. The minimum atomic E-state index is -0.254. The molecular formula is C20H16N2O3S. The molecule has 0 spiro atoms. The molecule has 26 heavy (non-hydrogen) atoms. The number of thiazole rings is 1. The number of carbonyl (C=O) groups is 1. The van der Waals surface area contributed by atoms with Crippen LogP contribution in [0.2, 0.25) is 0 Å². The SMILES string of the molecule is COc1cc2ccccc2cc1C(=O)Nc1ccc2c(c1)sc(=O)n2C. The van der Waals surface area contributed by atoms with Gasteiger partial charge in [0.1, 0.15) is 5.75 Å². The zero-order valence-electron chi connectivity index (χ0n) is 14.3. The van der Waals surface area contributed by atoms with Crippen molar-refractivity contribution in [3.05, 3.63) is 69.8 Å². The number of hydrogen-bond acceptors (Lipinski definition) is 4. The Labute approximate surface area is 153 Å². The summed E-state index contributed by atoms with van der Waals surface area (Å²) in [5, 5.41) is 4.87. The quantitative estimate of drug-likeness (QED) is 0.597. The van der Waals surface area contributed by atoms with Crippen molar-refractivity contribution in [2.75, 3.05) is 12.4 Å². The van der Waals surface area contributed by atoms with Crippen molar-refractivity contribution in [2.24, 2.45) is 7.05 Å². The number of nitrogens with zero attached hydrogens (tertiary/aromatic N) is 1. The molecule has 0 radical (unpaired) electrons. The van der Waals surface area contributed by atoms with Gasteiger partial charge in [0.15, 0.2) is 0 Å². The summed E-state index contributed by atoms with van der Waals surface area (Å²) in [5.74, 6) is 0.266. The molecule has 0 fully saturated rings. The van der Waals surface area contributed by atoms with E-state index >= 15 is 0 Å². The summed E-state index contributed by atoms with van der Waals surface area (Å²) in [6.45, 7) is 0. The van der Waals surface area contributed by atoms with Gasteiger partial charge in [-0.25, -0.2) is 0 Å². The molecule has 5 nitrogen and oxygen atoms in total. The lowest BCUT2D eigenvalue weighted by atomic mass is 10.1. The Morgan fingerprint density at radius 1 is 1.08 bits per heavy atom. The second kappa shape index (κ2) is 6.31. The molecule has 0 saturated heterocycles. The molecular weight excluding hydrogens is 348 g/mol. The summed E-state index contributed by atoms with van der Waals surface area (Å²) < 4.78 is 7.83. The molecule has 0 unspecified atom stereocenters. The van der Waals surface area contributed by atoms with E-state index in [2.05, 4.69) is 5.32 Å². The van der Waals surface area contributed by atoms with E-state index < -0.39 is 0 Å². The fraction of sp³-hybridized carbons (Fsp3) is 0.100. The average Bonchev–Trinajstić information content (AvgIpc) is 2.94. The Bertz CT molecular complexity index is 1210. The second-order valence-electron chi connectivity index (χ2n) is 5.96. The van der Waals surface area contributed by atoms with Crippen molar-refractivity contribution in [1.29, 1.82) is 0 Å². The number of fused-ring (bicyclic) bond motifs is 2. The van der Waals surface area contributed by atoms with E-state index in [9.17, 15) is 9.59 Å². The van der Waals surface area contributed by atoms with Crippen molar-refractivity contribution in [2.45, 2.75) is 0 Å². The number of aryl methyl sites for hydroxylation is 1. The minimum absolute atomic E-state index is 0.0281. The predicted octanol–water partition coefficient (Wildman–Crippen LogP) is 4.01. The highest BCUT2D eigenvalue weighted by atomic mass is 32.1. The number of hydrogen-bond donors (Lipinski definition) is 1. The number of benzene rings is 3. The molecule has 4 rings (SSSR count). The van der Waals surface area contributed by atoms with Crippen LogP contribution in [0, 0.1) is 0 Å². The molecule has 1 amide bonds. The van der Waals surface area contributed by atoms with E-state index in [0.29, 0.717) is 17.0 Å². The van der Waals surface area contributed by atoms with Crippen LogP contribution in [0.15, 0.2) is 59.4 Å². The van der Waals surface area contributed by atoms with Crippen LogP contribution in [0.25, 0.3) is 21.0 Å². The first kappa shape index (κ1) is 16.4. The van der Waals surface area contributed by atoms with Crippen LogP contribution in [-0.2, 0) is 7.05 Å². The van der Waals surface area contributed by atoms with Crippen LogP contribution < -0.4 is 14.9 Å². The predicted molar refractivity (Wildman–Crippen MR) is 106 cm³/mol. The van der Waals surface area contributed by atoms with Crippen molar-refractivity contribution in [3.63, 3.8) is 0 Å². The Balaban J connectivity index is 1.72. The summed E-state index contributed by atoms with van der Waals surface area (Å²) in [5.41, 5.74) is 1.95. The monoisotopic (exact) mass is 364 g/mol. The van der Waals surface area contributed by atoms with E-state index in [0.717, 1.165) is 32.3 Å². The number of anilines is 1. The lowest BCUT2D eigenvalue weighted by Crippen LogP contribution is -2.13. The van der Waals surface area contributed by atoms with Gasteiger partial charge in [-0.1, -0.05) is 35.6 Å². The van der Waals surface area contributed by atoms with Crippen molar-refractivity contribution >= 4 is 43.9 Å². The third-order valence-corrected chi connectivity index (χ3v) is 5.36. The number of nitrogens with one attached hydrogen (secondary N) is 1. The van der Waals surface area contributed by atoms with Crippen molar-refractivity contribution in [3.8, 4) is 5.75 Å². The van der Waals surface area contributed by atoms with Crippen LogP contribution in [0.4, 0.5) is 5.69 Å². The number of ether oxygens (including phenoxy) is 1. The van der Waals surface area contributed by atoms with E-state index in [1.807, 2.05) is 48.5 Å². The van der Waals surface area contributed by atoms with Gasteiger partial charge < -0.3 is 14.6 Å². The summed E-state index contributed by atoms with van der Waals surface area (Å²) in [7, 11) is 3.29. The van der Waals surface area contributed by atoms with Crippen LogP contribution in [0.1, 0.15) is 10.4 Å². The Morgan fingerprint density at radius 3 is 2.54 bits per heavy atom. The van der Waals surface area contributed by atoms with Crippen LogP contribution in [-0.4, -0.2) is 17.6 Å². The van der Waals surface area contributed by atoms with Crippen molar-refractivity contribution in [1.82, 2.24) is 4.57 Å². The highest BCUT2D eigenvalue weighted by molar-refractivity contribution is 7.16. The third kappa shape index (κ3) is 2.74. The zero-order valence-corrected chi connectivity index (χ0v) is 15.1. The topological polar surface area (TPSA) is 60.3 Å². The lowest BCUT2D eigenvalue weighted by molar-refractivity contribution is 0.102. The Hall–Kier alpha value is -3.12. The normalized spacial score (nSPS) is 11.0. The van der Waals surface area contributed by atoms with Gasteiger partial charge in [0.2, 0.25) is 0 Å². The number of aromatic nitrogens is 1. The first-order chi connectivity index (χ1) is 12.6. The maximum Gasteiger partial charge on any atom is 0.307 e. The highest BCUT2D eigenvalue weighted by Gasteiger charge is 2.15. The first-order valence-corrected chi connectivity index (χ1v) is 8.86. The molecule has 0 aliphatic carbocycles. The molecule has 0 aliphatic rings. The van der Waals surface area contributed by atoms with Crippen LogP contribution >= 0.6 is 11.3 Å². The second-order valence-corrected chi connectivity index (χ2v) is 6.96. The zero-order chi connectivity index (χ0) is 18.3.